The maximum Gasteiger partial charge on any atom is 0.259 e. The molecule has 0 radical (unpaired) electrons. The van der Waals surface area contributed by atoms with E-state index in [1.165, 1.54) is 31.5 Å². The molecule has 146 valence electrons. The lowest BCUT2D eigenvalue weighted by Gasteiger charge is -2.23. The Morgan fingerprint density at radius 2 is 1.72 bits per heavy atom. The second kappa shape index (κ2) is 7.16. The number of nitrogens with zero attached hydrogens (tertiary/aromatic N) is 2. The predicted octanol–water partition coefficient (Wildman–Crippen LogP) is 4.57. The molecule has 1 aromatic heterocycles. The van der Waals surface area contributed by atoms with Crippen molar-refractivity contribution >= 4 is 12.1 Å². The van der Waals surface area contributed by atoms with E-state index in [2.05, 4.69) is 9.98 Å². The van der Waals surface area contributed by atoms with Gasteiger partial charge < -0.3 is 4.74 Å². The van der Waals surface area contributed by atoms with Gasteiger partial charge in [0.2, 0.25) is 5.88 Å². The molecule has 0 bridgehead atoms. The number of aromatic nitrogens is 1. The van der Waals surface area contributed by atoms with Crippen LogP contribution in [0.15, 0.2) is 47.5 Å². The van der Waals surface area contributed by atoms with Crippen LogP contribution in [0, 0.1) is 24.4 Å². The number of methoxy groups -OCH3 is 1. The van der Waals surface area contributed by atoms with Crippen LogP contribution >= 0.6 is 0 Å². The van der Waals surface area contributed by atoms with Crippen molar-refractivity contribution in [3.63, 3.8) is 0 Å². The van der Waals surface area contributed by atoms with Crippen LogP contribution < -0.4 is 4.74 Å². The SMILES string of the molecule is COc1cc(-c2ccc(F)cc2C)c2c(n1)C(c1c(F)cccc1F)C(=O)N=C2. The molecule has 4 rings (SSSR count). The van der Waals surface area contributed by atoms with Gasteiger partial charge in [-0.15, -0.1) is 0 Å². The third-order valence-electron chi connectivity index (χ3n) is 4.88. The second-order valence-corrected chi connectivity index (χ2v) is 6.64. The van der Waals surface area contributed by atoms with Crippen LogP contribution in [0.25, 0.3) is 11.1 Å². The minimum absolute atomic E-state index is 0.132. The molecule has 3 aromatic rings. The number of benzene rings is 2. The van der Waals surface area contributed by atoms with Gasteiger partial charge in [-0.05, 0) is 47.9 Å². The summed E-state index contributed by atoms with van der Waals surface area (Å²) in [6, 6.07) is 9.26. The number of ether oxygens (including phenoxy) is 1. The molecule has 1 unspecified atom stereocenters. The van der Waals surface area contributed by atoms with E-state index in [1.54, 1.807) is 19.1 Å². The van der Waals surface area contributed by atoms with Gasteiger partial charge in [-0.25, -0.2) is 23.1 Å². The first-order valence-corrected chi connectivity index (χ1v) is 8.78. The number of amides is 1. The van der Waals surface area contributed by atoms with Crippen molar-refractivity contribution in [1.82, 2.24) is 4.98 Å². The van der Waals surface area contributed by atoms with Gasteiger partial charge in [-0.3, -0.25) is 4.79 Å². The standard InChI is InChI=1S/C22H15F3N2O2/c1-11-8-12(23)6-7-13(11)14-9-18(29-2)27-21-15(14)10-26-22(28)20(21)19-16(24)4-3-5-17(19)25/h3-10,20H,1-2H3. The van der Waals surface area contributed by atoms with Crippen molar-refractivity contribution in [3.05, 3.63) is 82.3 Å². The minimum Gasteiger partial charge on any atom is -0.481 e. The Balaban J connectivity index is 2.02. The van der Waals surface area contributed by atoms with E-state index >= 15 is 0 Å². The Hall–Kier alpha value is -3.48. The van der Waals surface area contributed by atoms with Crippen LogP contribution in [-0.2, 0) is 4.79 Å². The Bertz CT molecular complexity index is 1150. The molecular weight excluding hydrogens is 381 g/mol. The predicted molar refractivity (Wildman–Crippen MR) is 102 cm³/mol. The first-order valence-electron chi connectivity index (χ1n) is 8.78. The van der Waals surface area contributed by atoms with Gasteiger partial charge in [-0.1, -0.05) is 12.1 Å². The van der Waals surface area contributed by atoms with E-state index in [4.69, 9.17) is 4.74 Å². The van der Waals surface area contributed by atoms with Crippen LogP contribution in [0.2, 0.25) is 0 Å². The molecule has 0 spiro atoms. The summed E-state index contributed by atoms with van der Waals surface area (Å²) in [7, 11) is 1.40. The third kappa shape index (κ3) is 3.18. The fourth-order valence-corrected chi connectivity index (χ4v) is 3.53. The van der Waals surface area contributed by atoms with E-state index in [0.717, 1.165) is 12.1 Å². The maximum atomic E-state index is 14.5. The van der Waals surface area contributed by atoms with Gasteiger partial charge in [0.1, 0.15) is 23.4 Å². The summed E-state index contributed by atoms with van der Waals surface area (Å²) in [5.74, 6) is -4.05. The average molecular weight is 396 g/mol. The second-order valence-electron chi connectivity index (χ2n) is 6.64. The number of aliphatic imine (C=N–C) groups is 1. The molecule has 0 saturated heterocycles. The summed E-state index contributed by atoms with van der Waals surface area (Å²) in [4.78, 5) is 20.7. The van der Waals surface area contributed by atoms with Crippen molar-refractivity contribution in [2.24, 2.45) is 4.99 Å². The molecule has 1 atom stereocenters. The largest absolute Gasteiger partial charge is 0.481 e. The van der Waals surface area contributed by atoms with Crippen LogP contribution in [0.3, 0.4) is 0 Å². The van der Waals surface area contributed by atoms with Crippen LogP contribution in [0.5, 0.6) is 5.88 Å². The van der Waals surface area contributed by atoms with Gasteiger partial charge in [0.05, 0.1) is 12.8 Å². The molecule has 1 aliphatic heterocycles. The molecule has 2 heterocycles. The molecule has 4 nitrogen and oxygen atoms in total. The number of fused-ring (bicyclic) bond motifs is 1. The summed E-state index contributed by atoms with van der Waals surface area (Å²) in [6.07, 6.45) is 1.32. The molecule has 0 aliphatic carbocycles. The van der Waals surface area contributed by atoms with E-state index in [-0.39, 0.29) is 11.6 Å². The number of halogens is 3. The van der Waals surface area contributed by atoms with Crippen molar-refractivity contribution in [2.75, 3.05) is 7.11 Å². The number of carbonyl (C=O) groups excluding carboxylic acids is 1. The molecule has 1 amide bonds. The molecule has 1 aliphatic rings. The number of rotatable bonds is 3. The smallest absolute Gasteiger partial charge is 0.259 e. The molecule has 29 heavy (non-hydrogen) atoms. The lowest BCUT2D eigenvalue weighted by Crippen LogP contribution is -2.23. The minimum atomic E-state index is -1.36. The maximum absolute atomic E-state index is 14.5. The molecule has 7 heteroatoms. The Labute approximate surface area is 164 Å². The average Bonchev–Trinajstić information content (AvgIpc) is 2.68. The number of carbonyl (C=O) groups is 1. The van der Waals surface area contributed by atoms with E-state index < -0.39 is 34.8 Å². The van der Waals surface area contributed by atoms with E-state index in [1.807, 2.05) is 0 Å². The fourth-order valence-electron chi connectivity index (χ4n) is 3.53. The highest BCUT2D eigenvalue weighted by Crippen LogP contribution is 2.39. The van der Waals surface area contributed by atoms with Gasteiger partial charge >= 0.3 is 0 Å². The zero-order chi connectivity index (χ0) is 20.7. The molecule has 2 aromatic carbocycles. The van der Waals surface area contributed by atoms with Crippen molar-refractivity contribution < 1.29 is 22.7 Å². The quantitative estimate of drug-likeness (QED) is 0.652. The highest BCUT2D eigenvalue weighted by atomic mass is 19.1. The van der Waals surface area contributed by atoms with Crippen molar-refractivity contribution in [2.45, 2.75) is 12.8 Å². The molecule has 0 fully saturated rings. The lowest BCUT2D eigenvalue weighted by molar-refractivity contribution is -0.118. The molecule has 0 saturated carbocycles. The summed E-state index contributed by atoms with van der Waals surface area (Å²) in [5, 5.41) is 0. The first kappa shape index (κ1) is 18.9. The Kier molecular flexibility index (Phi) is 4.66. The molecular formula is C22H15F3N2O2. The Morgan fingerprint density at radius 1 is 1.00 bits per heavy atom. The van der Waals surface area contributed by atoms with Gasteiger partial charge in [0.15, 0.2) is 0 Å². The first-order chi connectivity index (χ1) is 13.9. The highest BCUT2D eigenvalue weighted by molar-refractivity contribution is 6.06. The highest BCUT2D eigenvalue weighted by Gasteiger charge is 2.35. The lowest BCUT2D eigenvalue weighted by atomic mass is 9.85. The third-order valence-corrected chi connectivity index (χ3v) is 4.88. The van der Waals surface area contributed by atoms with E-state index in [9.17, 15) is 18.0 Å². The van der Waals surface area contributed by atoms with Gasteiger partial charge in [-0.2, -0.15) is 0 Å². The normalized spacial score (nSPS) is 15.3. The topological polar surface area (TPSA) is 51.5 Å². The monoisotopic (exact) mass is 396 g/mol. The Morgan fingerprint density at radius 3 is 2.38 bits per heavy atom. The number of hydrogen-bond acceptors (Lipinski definition) is 3. The van der Waals surface area contributed by atoms with Crippen LogP contribution in [-0.4, -0.2) is 24.2 Å². The number of hydrogen-bond donors (Lipinski definition) is 0. The zero-order valence-electron chi connectivity index (χ0n) is 15.5. The molecule has 0 N–H and O–H groups in total. The summed E-state index contributed by atoms with van der Waals surface area (Å²) in [6.45, 7) is 1.73. The summed E-state index contributed by atoms with van der Waals surface area (Å²) < 4.78 is 47.8. The summed E-state index contributed by atoms with van der Waals surface area (Å²) >= 11 is 0. The summed E-state index contributed by atoms with van der Waals surface area (Å²) in [5.41, 5.74) is 2.01. The van der Waals surface area contributed by atoms with Crippen LogP contribution in [0.4, 0.5) is 13.2 Å². The van der Waals surface area contributed by atoms with Gasteiger partial charge in [0, 0.05) is 23.4 Å². The number of aryl methyl sites for hydroxylation is 1. The van der Waals surface area contributed by atoms with Crippen LogP contribution in [0.1, 0.15) is 28.3 Å². The van der Waals surface area contributed by atoms with Crippen molar-refractivity contribution in [3.8, 4) is 17.0 Å². The zero-order valence-corrected chi connectivity index (χ0v) is 15.5. The van der Waals surface area contributed by atoms with Gasteiger partial charge in [0.25, 0.3) is 5.91 Å². The number of pyridine rings is 1. The van der Waals surface area contributed by atoms with Crippen molar-refractivity contribution in [1.29, 1.82) is 0 Å². The fraction of sp³-hybridized carbons (Fsp3) is 0.136. The van der Waals surface area contributed by atoms with E-state index in [0.29, 0.717) is 22.3 Å².